The van der Waals surface area contributed by atoms with Crippen molar-refractivity contribution in [2.45, 2.75) is 32.5 Å². The molecule has 0 aliphatic rings. The van der Waals surface area contributed by atoms with E-state index in [0.29, 0.717) is 26.1 Å². The van der Waals surface area contributed by atoms with E-state index in [0.717, 1.165) is 34.1 Å². The van der Waals surface area contributed by atoms with Crippen molar-refractivity contribution in [1.29, 1.82) is 0 Å². The lowest BCUT2D eigenvalue weighted by molar-refractivity contribution is -0.118. The Labute approximate surface area is 211 Å². The van der Waals surface area contributed by atoms with Crippen LogP contribution in [-0.4, -0.2) is 33.2 Å². The number of pyridine rings is 2. The van der Waals surface area contributed by atoms with Gasteiger partial charge >= 0.3 is 0 Å². The lowest BCUT2D eigenvalue weighted by Crippen LogP contribution is -2.34. The number of hydrogen-bond acceptors (Lipinski definition) is 7. The van der Waals surface area contributed by atoms with Crippen molar-refractivity contribution in [3.05, 3.63) is 109 Å². The highest BCUT2D eigenvalue weighted by Crippen LogP contribution is 2.29. The summed E-state index contributed by atoms with van der Waals surface area (Å²) in [6.45, 7) is 3.38. The Morgan fingerprint density at radius 1 is 0.778 bits per heavy atom. The minimum Gasteiger partial charge on any atom is -0.457 e. The van der Waals surface area contributed by atoms with Gasteiger partial charge in [-0.1, -0.05) is 36.4 Å². The first kappa shape index (κ1) is 25.0. The van der Waals surface area contributed by atoms with Gasteiger partial charge in [0.1, 0.15) is 28.8 Å². The molecular formula is C29H30N4O3. The number of hydrogen-bond donors (Lipinski definition) is 1. The van der Waals surface area contributed by atoms with Gasteiger partial charge in [-0.2, -0.15) is 0 Å². The van der Waals surface area contributed by atoms with Gasteiger partial charge in [0.15, 0.2) is 0 Å². The number of rotatable bonds is 12. The summed E-state index contributed by atoms with van der Waals surface area (Å²) >= 11 is 0. The second-order valence-corrected chi connectivity index (χ2v) is 8.50. The Morgan fingerprint density at radius 2 is 1.22 bits per heavy atom. The van der Waals surface area contributed by atoms with Gasteiger partial charge in [0, 0.05) is 55.5 Å². The summed E-state index contributed by atoms with van der Waals surface area (Å²) in [6.07, 6.45) is 7.36. The first-order chi connectivity index (χ1) is 17.6. The molecule has 0 radical (unpaired) electrons. The second-order valence-electron chi connectivity index (χ2n) is 8.50. The number of para-hydroxylation sites is 2. The number of ketones is 1. The average molecular weight is 483 g/mol. The van der Waals surface area contributed by atoms with Crippen LogP contribution in [0.3, 0.4) is 0 Å². The average Bonchev–Trinajstić information content (AvgIpc) is 2.90. The first-order valence-electron chi connectivity index (χ1n) is 11.9. The number of nitrogens with two attached hydrogens (primary N) is 1. The van der Waals surface area contributed by atoms with Crippen LogP contribution in [0.5, 0.6) is 23.0 Å². The van der Waals surface area contributed by atoms with Crippen LogP contribution in [-0.2, 0) is 17.9 Å². The van der Waals surface area contributed by atoms with Gasteiger partial charge in [-0.15, -0.1) is 0 Å². The quantitative estimate of drug-likeness (QED) is 0.290. The third kappa shape index (κ3) is 7.21. The summed E-state index contributed by atoms with van der Waals surface area (Å²) in [5.74, 6) is 2.96. The number of carbonyl (C=O) groups is 1. The van der Waals surface area contributed by atoms with Crippen LogP contribution >= 0.6 is 0 Å². The molecule has 0 aliphatic carbocycles. The smallest absolute Gasteiger partial charge is 0.146 e. The van der Waals surface area contributed by atoms with Crippen LogP contribution in [0.1, 0.15) is 24.5 Å². The minimum atomic E-state index is -0.501. The number of benzene rings is 2. The van der Waals surface area contributed by atoms with E-state index in [1.54, 1.807) is 24.8 Å². The van der Waals surface area contributed by atoms with Gasteiger partial charge in [-0.3, -0.25) is 19.7 Å². The van der Waals surface area contributed by atoms with Crippen molar-refractivity contribution in [3.8, 4) is 23.0 Å². The summed E-state index contributed by atoms with van der Waals surface area (Å²) in [5, 5.41) is 0. The van der Waals surface area contributed by atoms with Crippen LogP contribution < -0.4 is 15.2 Å². The van der Waals surface area contributed by atoms with Crippen molar-refractivity contribution < 1.29 is 14.3 Å². The zero-order chi connectivity index (χ0) is 25.2. The molecule has 0 aliphatic heterocycles. The van der Waals surface area contributed by atoms with Crippen LogP contribution in [0.15, 0.2) is 97.6 Å². The molecule has 1 atom stereocenters. The largest absolute Gasteiger partial charge is 0.457 e. The van der Waals surface area contributed by atoms with E-state index in [4.69, 9.17) is 15.2 Å². The van der Waals surface area contributed by atoms with E-state index >= 15 is 0 Å². The summed E-state index contributed by atoms with van der Waals surface area (Å²) in [5.41, 5.74) is 8.13. The Balaban J connectivity index is 1.57. The fourth-order valence-electron chi connectivity index (χ4n) is 3.76. The maximum atomic E-state index is 11.8. The summed E-state index contributed by atoms with van der Waals surface area (Å²) in [4.78, 5) is 22.2. The lowest BCUT2D eigenvalue weighted by atomic mass is 10.1. The fraction of sp³-hybridized carbons (Fsp3) is 0.207. The third-order valence-corrected chi connectivity index (χ3v) is 5.77. The predicted octanol–water partition coefficient (Wildman–Crippen LogP) is 5.37. The summed E-state index contributed by atoms with van der Waals surface area (Å²) in [6, 6.07) is 22.7. The highest BCUT2D eigenvalue weighted by Gasteiger charge is 2.17. The second kappa shape index (κ2) is 12.6. The molecule has 0 saturated heterocycles. The highest BCUT2D eigenvalue weighted by atomic mass is 16.5. The van der Waals surface area contributed by atoms with Gasteiger partial charge in [-0.05, 0) is 49.7 Å². The molecule has 0 saturated carbocycles. The molecule has 0 fully saturated rings. The number of ether oxygens (including phenoxy) is 2. The molecule has 36 heavy (non-hydrogen) atoms. The number of aromatic nitrogens is 2. The SMILES string of the molecule is CC(=O)[C@@H](N)CCN(Cc1ccccc1Oc1ccncc1)Cc1ccccc1Oc1ccncc1. The topological polar surface area (TPSA) is 90.6 Å². The number of carbonyl (C=O) groups excluding carboxylic acids is 1. The van der Waals surface area contributed by atoms with Crippen molar-refractivity contribution in [2.75, 3.05) is 6.54 Å². The highest BCUT2D eigenvalue weighted by molar-refractivity contribution is 5.81. The summed E-state index contributed by atoms with van der Waals surface area (Å²) in [7, 11) is 0. The standard InChI is InChI=1S/C29H30N4O3/c1-22(34)27(30)14-19-33(20-23-6-2-4-8-28(23)35-25-10-15-31-16-11-25)21-24-7-3-5-9-29(24)36-26-12-17-32-18-13-26/h2-13,15-18,27H,14,19-21,30H2,1H3/t27-/m0/s1. The van der Waals surface area contributed by atoms with Gasteiger partial charge in [-0.25, -0.2) is 0 Å². The van der Waals surface area contributed by atoms with E-state index in [-0.39, 0.29) is 5.78 Å². The molecule has 0 spiro atoms. The Bertz CT molecular complexity index is 1160. The molecular weight excluding hydrogens is 452 g/mol. The zero-order valence-corrected chi connectivity index (χ0v) is 20.3. The van der Waals surface area contributed by atoms with Gasteiger partial charge < -0.3 is 15.2 Å². The van der Waals surface area contributed by atoms with Gasteiger partial charge in [0.25, 0.3) is 0 Å². The molecule has 7 nitrogen and oxygen atoms in total. The molecule has 7 heteroatoms. The van der Waals surface area contributed by atoms with Crippen molar-refractivity contribution in [3.63, 3.8) is 0 Å². The molecule has 4 rings (SSSR count). The molecule has 0 unspecified atom stereocenters. The number of nitrogens with zero attached hydrogens (tertiary/aromatic N) is 3. The van der Waals surface area contributed by atoms with E-state index in [9.17, 15) is 4.79 Å². The van der Waals surface area contributed by atoms with Crippen LogP contribution in [0.4, 0.5) is 0 Å². The first-order valence-corrected chi connectivity index (χ1v) is 11.9. The van der Waals surface area contributed by atoms with E-state index in [1.165, 1.54) is 6.92 Å². The predicted molar refractivity (Wildman–Crippen MR) is 139 cm³/mol. The Hall–Kier alpha value is -4.07. The maximum absolute atomic E-state index is 11.8. The fourth-order valence-corrected chi connectivity index (χ4v) is 3.76. The van der Waals surface area contributed by atoms with Gasteiger partial charge in [0.2, 0.25) is 0 Å². The lowest BCUT2D eigenvalue weighted by Gasteiger charge is -2.25. The van der Waals surface area contributed by atoms with Crippen molar-refractivity contribution >= 4 is 5.78 Å². The summed E-state index contributed by atoms with van der Waals surface area (Å²) < 4.78 is 12.3. The van der Waals surface area contributed by atoms with Crippen LogP contribution in [0.25, 0.3) is 0 Å². The van der Waals surface area contributed by atoms with Crippen LogP contribution in [0.2, 0.25) is 0 Å². The zero-order valence-electron chi connectivity index (χ0n) is 20.3. The van der Waals surface area contributed by atoms with E-state index < -0.39 is 6.04 Å². The monoisotopic (exact) mass is 482 g/mol. The van der Waals surface area contributed by atoms with Crippen molar-refractivity contribution in [1.82, 2.24) is 14.9 Å². The Morgan fingerprint density at radius 3 is 1.67 bits per heavy atom. The van der Waals surface area contributed by atoms with Crippen LogP contribution in [0, 0.1) is 0 Å². The number of Topliss-reactive ketones (excluding diaryl/α,β-unsaturated/α-hetero) is 1. The molecule has 0 amide bonds. The third-order valence-electron chi connectivity index (χ3n) is 5.77. The molecule has 184 valence electrons. The molecule has 0 bridgehead atoms. The normalized spacial score (nSPS) is 11.8. The van der Waals surface area contributed by atoms with Crippen molar-refractivity contribution in [2.24, 2.45) is 5.73 Å². The van der Waals surface area contributed by atoms with E-state index in [2.05, 4.69) is 14.9 Å². The molecule has 2 N–H and O–H groups in total. The molecule has 2 aromatic carbocycles. The Kier molecular flexibility index (Phi) is 8.75. The molecule has 2 aromatic heterocycles. The van der Waals surface area contributed by atoms with E-state index in [1.807, 2.05) is 72.8 Å². The minimum absolute atomic E-state index is 0.0159. The molecule has 4 aromatic rings. The molecule has 2 heterocycles. The maximum Gasteiger partial charge on any atom is 0.146 e. The van der Waals surface area contributed by atoms with Gasteiger partial charge in [0.05, 0.1) is 6.04 Å².